The van der Waals surface area contributed by atoms with Crippen molar-refractivity contribution in [1.82, 2.24) is 0 Å². The molecule has 0 bridgehead atoms. The smallest absolute Gasteiger partial charge is 0.160 e. The predicted octanol–water partition coefficient (Wildman–Crippen LogP) is 2.14. The number of hydrogen-bond donors (Lipinski definition) is 1. The van der Waals surface area contributed by atoms with Crippen LogP contribution in [0.3, 0.4) is 0 Å². The first-order chi connectivity index (χ1) is 7.27. The van der Waals surface area contributed by atoms with E-state index in [0.29, 0.717) is 24.7 Å². The van der Waals surface area contributed by atoms with Crippen molar-refractivity contribution in [2.45, 2.75) is 18.8 Å². The first-order valence-corrected chi connectivity index (χ1v) is 5.31. The summed E-state index contributed by atoms with van der Waals surface area (Å²) in [6.07, 6.45) is -0.526. The summed E-state index contributed by atoms with van der Waals surface area (Å²) < 4.78 is 10.5. The van der Waals surface area contributed by atoms with Gasteiger partial charge in [0.05, 0.1) is 19.3 Å². The Morgan fingerprint density at radius 2 is 2.00 bits per heavy atom. The van der Waals surface area contributed by atoms with Gasteiger partial charge in [-0.3, -0.25) is 0 Å². The number of benzene rings is 1. The van der Waals surface area contributed by atoms with E-state index < -0.39 is 6.10 Å². The summed E-state index contributed by atoms with van der Waals surface area (Å²) in [7, 11) is 0. The summed E-state index contributed by atoms with van der Waals surface area (Å²) in [4.78, 5) is 0. The van der Waals surface area contributed by atoms with Gasteiger partial charge in [0, 0.05) is 11.4 Å². The van der Waals surface area contributed by atoms with Crippen molar-refractivity contribution >= 4 is 11.6 Å². The molecule has 15 heavy (non-hydrogen) atoms. The number of rotatable bonds is 3. The highest BCUT2D eigenvalue weighted by molar-refractivity contribution is 6.31. The van der Waals surface area contributed by atoms with Gasteiger partial charge in [-0.1, -0.05) is 29.8 Å². The fourth-order valence-corrected chi connectivity index (χ4v) is 1.86. The van der Waals surface area contributed by atoms with Crippen LogP contribution in [0.1, 0.15) is 18.1 Å². The van der Waals surface area contributed by atoms with Crippen molar-refractivity contribution in [3.8, 4) is 0 Å². The second-order valence-corrected chi connectivity index (χ2v) is 3.85. The highest BCUT2D eigenvalue weighted by Gasteiger charge is 2.22. The molecular formula is C11H13ClO3. The third kappa shape index (κ3) is 2.69. The van der Waals surface area contributed by atoms with Crippen molar-refractivity contribution in [2.24, 2.45) is 0 Å². The molecule has 0 radical (unpaired) electrons. The molecule has 1 atom stereocenters. The average molecular weight is 229 g/mol. The van der Waals surface area contributed by atoms with E-state index in [0.717, 1.165) is 5.56 Å². The lowest BCUT2D eigenvalue weighted by molar-refractivity contribution is -0.0707. The summed E-state index contributed by atoms with van der Waals surface area (Å²) in [5, 5.41) is 10.5. The molecule has 0 spiro atoms. The number of aliphatic hydroxyl groups is 1. The molecule has 1 heterocycles. The molecule has 1 aliphatic heterocycles. The molecule has 1 saturated heterocycles. The zero-order chi connectivity index (χ0) is 10.7. The quantitative estimate of drug-likeness (QED) is 0.862. The average Bonchev–Trinajstić information content (AvgIpc) is 2.71. The van der Waals surface area contributed by atoms with Gasteiger partial charge < -0.3 is 14.6 Å². The van der Waals surface area contributed by atoms with Crippen LogP contribution in [0.5, 0.6) is 0 Å². The minimum absolute atomic E-state index is 0.309. The van der Waals surface area contributed by atoms with Crippen LogP contribution in [-0.2, 0) is 9.47 Å². The Bertz CT molecular complexity index is 323. The number of aliphatic hydroxyl groups excluding tert-OH is 1. The number of hydrogen-bond acceptors (Lipinski definition) is 3. The first kappa shape index (κ1) is 10.9. The van der Waals surface area contributed by atoms with E-state index >= 15 is 0 Å². The van der Waals surface area contributed by atoms with Gasteiger partial charge in [0.1, 0.15) is 0 Å². The van der Waals surface area contributed by atoms with E-state index in [1.807, 2.05) is 18.2 Å². The van der Waals surface area contributed by atoms with Gasteiger partial charge in [-0.25, -0.2) is 0 Å². The van der Waals surface area contributed by atoms with Gasteiger partial charge in [0.15, 0.2) is 6.29 Å². The van der Waals surface area contributed by atoms with Gasteiger partial charge in [-0.2, -0.15) is 0 Å². The molecule has 0 saturated carbocycles. The van der Waals surface area contributed by atoms with Crippen molar-refractivity contribution in [2.75, 3.05) is 13.2 Å². The second-order valence-electron chi connectivity index (χ2n) is 3.44. The number of halogens is 1. The normalized spacial score (nSPS) is 19.3. The molecule has 1 unspecified atom stereocenters. The summed E-state index contributed by atoms with van der Waals surface area (Å²) >= 11 is 5.96. The third-order valence-corrected chi connectivity index (χ3v) is 2.71. The molecule has 1 fully saturated rings. The predicted molar refractivity (Wildman–Crippen MR) is 56.7 cm³/mol. The molecule has 1 aromatic rings. The fourth-order valence-electron chi connectivity index (χ4n) is 1.60. The lowest BCUT2D eigenvalue weighted by Crippen LogP contribution is -2.13. The van der Waals surface area contributed by atoms with Crippen LogP contribution >= 0.6 is 11.6 Å². The zero-order valence-electron chi connectivity index (χ0n) is 8.23. The summed E-state index contributed by atoms with van der Waals surface area (Å²) in [5.74, 6) is 0. The van der Waals surface area contributed by atoms with Crippen LogP contribution in [0, 0.1) is 0 Å². The maximum absolute atomic E-state index is 9.92. The monoisotopic (exact) mass is 228 g/mol. The van der Waals surface area contributed by atoms with Gasteiger partial charge in [-0.15, -0.1) is 0 Å². The van der Waals surface area contributed by atoms with Crippen LogP contribution in [0.2, 0.25) is 5.02 Å². The van der Waals surface area contributed by atoms with Crippen LogP contribution in [-0.4, -0.2) is 24.6 Å². The Morgan fingerprint density at radius 3 is 2.67 bits per heavy atom. The molecule has 1 aromatic carbocycles. The molecule has 82 valence electrons. The van der Waals surface area contributed by atoms with E-state index in [2.05, 4.69) is 0 Å². The van der Waals surface area contributed by atoms with Gasteiger partial charge >= 0.3 is 0 Å². The minimum Gasteiger partial charge on any atom is -0.388 e. The molecule has 0 aromatic heterocycles. The van der Waals surface area contributed by atoms with Crippen molar-refractivity contribution < 1.29 is 14.6 Å². The maximum atomic E-state index is 9.92. The lowest BCUT2D eigenvalue weighted by Gasteiger charge is -2.15. The Hall–Kier alpha value is -0.610. The van der Waals surface area contributed by atoms with Crippen LogP contribution in [0.25, 0.3) is 0 Å². The molecule has 0 aliphatic carbocycles. The van der Waals surface area contributed by atoms with E-state index in [4.69, 9.17) is 21.1 Å². The maximum Gasteiger partial charge on any atom is 0.160 e. The molecule has 1 N–H and O–H groups in total. The molecule has 3 nitrogen and oxygen atoms in total. The largest absolute Gasteiger partial charge is 0.388 e. The fraction of sp³-hybridized carbons (Fsp3) is 0.455. The summed E-state index contributed by atoms with van der Waals surface area (Å²) in [5.41, 5.74) is 0.721. The van der Waals surface area contributed by atoms with Crippen molar-refractivity contribution in [3.05, 3.63) is 34.9 Å². The molecule has 4 heteroatoms. The van der Waals surface area contributed by atoms with E-state index in [-0.39, 0.29) is 6.29 Å². The van der Waals surface area contributed by atoms with E-state index in [1.54, 1.807) is 6.07 Å². The summed E-state index contributed by atoms with van der Waals surface area (Å²) in [6, 6.07) is 7.25. The third-order valence-electron chi connectivity index (χ3n) is 2.37. The Morgan fingerprint density at radius 1 is 1.33 bits per heavy atom. The molecular weight excluding hydrogens is 216 g/mol. The van der Waals surface area contributed by atoms with Crippen molar-refractivity contribution in [1.29, 1.82) is 0 Å². The van der Waals surface area contributed by atoms with E-state index in [1.165, 1.54) is 0 Å². The Kier molecular flexibility index (Phi) is 3.59. The molecule has 0 amide bonds. The van der Waals surface area contributed by atoms with Gasteiger partial charge in [0.2, 0.25) is 0 Å². The van der Waals surface area contributed by atoms with Crippen molar-refractivity contribution in [3.63, 3.8) is 0 Å². The van der Waals surface area contributed by atoms with Crippen LogP contribution < -0.4 is 0 Å². The van der Waals surface area contributed by atoms with Gasteiger partial charge in [-0.05, 0) is 11.6 Å². The second kappa shape index (κ2) is 4.94. The highest BCUT2D eigenvalue weighted by Crippen LogP contribution is 2.27. The Labute approximate surface area is 93.6 Å². The standard InChI is InChI=1S/C11H13ClO3/c12-9-4-2-1-3-8(9)10(13)7-11-14-5-6-15-11/h1-4,10-11,13H,5-7H2. The molecule has 2 rings (SSSR count). The van der Waals surface area contributed by atoms with Gasteiger partial charge in [0.25, 0.3) is 0 Å². The number of ether oxygens (including phenoxy) is 2. The SMILES string of the molecule is OC(CC1OCCO1)c1ccccc1Cl. The molecule has 1 aliphatic rings. The minimum atomic E-state index is -0.637. The topological polar surface area (TPSA) is 38.7 Å². The zero-order valence-corrected chi connectivity index (χ0v) is 8.98. The summed E-state index contributed by atoms with van der Waals surface area (Å²) in [6.45, 7) is 1.19. The van der Waals surface area contributed by atoms with Crippen LogP contribution in [0.15, 0.2) is 24.3 Å². The Balaban J connectivity index is 2.00. The van der Waals surface area contributed by atoms with Crippen LogP contribution in [0.4, 0.5) is 0 Å². The van der Waals surface area contributed by atoms with E-state index in [9.17, 15) is 5.11 Å². The first-order valence-electron chi connectivity index (χ1n) is 4.93. The lowest BCUT2D eigenvalue weighted by atomic mass is 10.1. The highest BCUT2D eigenvalue weighted by atomic mass is 35.5.